The Bertz CT molecular complexity index is 2200. The number of esters is 2. The molecule has 2 rings (SSSR count). The van der Waals surface area contributed by atoms with E-state index in [2.05, 4.69) is 47.5 Å². The third kappa shape index (κ3) is 21.7. The highest BCUT2D eigenvalue weighted by atomic mass is 16.5. The minimum absolute atomic E-state index is 0.0239. The zero-order valence-electron chi connectivity index (χ0n) is 43.6. The Morgan fingerprint density at radius 2 is 1.14 bits per heavy atom. The number of carbonyl (C=O) groups is 10. The highest BCUT2D eigenvalue weighted by Gasteiger charge is 2.36. The molecule has 0 saturated heterocycles. The maximum absolute atomic E-state index is 14.2. The van der Waals surface area contributed by atoms with Gasteiger partial charge in [-0.2, -0.15) is 0 Å². The SMILES string of the molecule is CC[C@H](C)[C@H](NC(=O)[C@H](C)NC(=O)[C@H](CO)NC(=O)[C@H](Cc1cn(C)cn1)NC(=O)[C@H](Cc1ccccc1)NC(=O)[C@H](CO)NC(=O)C[N+](C)(C)C)C(=O)N[C@@H](CC(=O)OC)C(=O)N[C@@H](CC(C)C)C(=O)OC. The van der Waals surface area contributed by atoms with E-state index >= 15 is 0 Å². The van der Waals surface area contributed by atoms with E-state index in [1.165, 1.54) is 13.3 Å². The molecule has 10 N–H and O–H groups in total. The van der Waals surface area contributed by atoms with Crippen molar-refractivity contribution >= 4 is 59.2 Å². The average Bonchev–Trinajstić information content (AvgIpc) is 3.75. The second-order valence-electron chi connectivity index (χ2n) is 19.2. The third-order valence-electron chi connectivity index (χ3n) is 11.3. The molecular weight excluding hydrogens is 955 g/mol. The number of imidazole rings is 1. The molecule has 1 aromatic heterocycles. The first kappa shape index (κ1) is 62.1. The minimum Gasteiger partial charge on any atom is -0.469 e. The predicted molar refractivity (Wildman–Crippen MR) is 263 cm³/mol. The molecule has 0 unspecified atom stereocenters. The number of carbonyl (C=O) groups excluding carboxylic acids is 10. The van der Waals surface area contributed by atoms with Gasteiger partial charge in [-0.25, -0.2) is 9.78 Å². The van der Waals surface area contributed by atoms with Crippen molar-refractivity contribution in [2.24, 2.45) is 18.9 Å². The molecule has 1 heterocycles. The molecule has 2 aromatic rings. The largest absolute Gasteiger partial charge is 0.469 e. The summed E-state index contributed by atoms with van der Waals surface area (Å²) in [6.45, 7) is 6.45. The minimum atomic E-state index is -1.71. The first-order valence-electron chi connectivity index (χ1n) is 23.8. The number of nitrogens with one attached hydrogen (secondary N) is 8. The topological polar surface area (TPSA) is 344 Å². The van der Waals surface area contributed by atoms with Gasteiger partial charge in [-0.05, 0) is 30.7 Å². The summed E-state index contributed by atoms with van der Waals surface area (Å²) >= 11 is 0. The van der Waals surface area contributed by atoms with Gasteiger partial charge in [0, 0.05) is 26.1 Å². The summed E-state index contributed by atoms with van der Waals surface area (Å²) in [4.78, 5) is 138. The van der Waals surface area contributed by atoms with E-state index in [1.54, 1.807) is 83.1 Å². The Kier molecular flexibility index (Phi) is 25.7. The smallest absolute Gasteiger partial charge is 0.328 e. The number of hydrogen-bond acceptors (Lipinski definition) is 15. The summed E-state index contributed by atoms with van der Waals surface area (Å²) < 4.78 is 11.4. The predicted octanol–water partition coefficient (Wildman–Crippen LogP) is -3.38. The van der Waals surface area contributed by atoms with E-state index in [1.807, 2.05) is 13.8 Å². The maximum atomic E-state index is 14.2. The van der Waals surface area contributed by atoms with Gasteiger partial charge < -0.3 is 71.3 Å². The van der Waals surface area contributed by atoms with Crippen LogP contribution in [-0.4, -0.2) is 187 Å². The van der Waals surface area contributed by atoms with Crippen molar-refractivity contribution < 1.29 is 72.1 Å². The van der Waals surface area contributed by atoms with E-state index in [0.29, 0.717) is 17.7 Å². The highest BCUT2D eigenvalue weighted by Crippen LogP contribution is 2.12. The number of aryl methyl sites for hydroxylation is 1. The van der Waals surface area contributed by atoms with Crippen molar-refractivity contribution in [1.82, 2.24) is 52.1 Å². The van der Waals surface area contributed by atoms with Crippen LogP contribution in [0.1, 0.15) is 65.1 Å². The van der Waals surface area contributed by atoms with Crippen LogP contribution < -0.4 is 42.5 Å². The number of methoxy groups -OCH3 is 2. The fourth-order valence-corrected chi connectivity index (χ4v) is 7.11. The van der Waals surface area contributed by atoms with Crippen LogP contribution in [-0.2, 0) is 77.3 Å². The van der Waals surface area contributed by atoms with E-state index < -0.39 is 133 Å². The van der Waals surface area contributed by atoms with Gasteiger partial charge in [-0.15, -0.1) is 0 Å². The zero-order chi connectivity index (χ0) is 55.2. The second kappa shape index (κ2) is 30.1. The molecule has 8 amide bonds. The maximum Gasteiger partial charge on any atom is 0.328 e. The Labute approximate surface area is 425 Å². The summed E-state index contributed by atoms with van der Waals surface area (Å²) in [6.07, 6.45) is 2.57. The summed E-state index contributed by atoms with van der Waals surface area (Å²) in [7, 11) is 9.18. The van der Waals surface area contributed by atoms with Crippen molar-refractivity contribution in [3.05, 3.63) is 54.1 Å². The van der Waals surface area contributed by atoms with Crippen LogP contribution in [0.15, 0.2) is 42.9 Å². The van der Waals surface area contributed by atoms with Gasteiger partial charge in [0.15, 0.2) is 6.54 Å². The number of amides is 8. The molecule has 0 aliphatic heterocycles. The van der Waals surface area contributed by atoms with Gasteiger partial charge in [0.2, 0.25) is 41.4 Å². The van der Waals surface area contributed by atoms with Gasteiger partial charge in [0.05, 0.1) is 67.0 Å². The normalized spacial score (nSPS) is 15.0. The molecular formula is C48H76N11O14+. The monoisotopic (exact) mass is 1030 g/mol. The van der Waals surface area contributed by atoms with E-state index in [-0.39, 0.29) is 36.2 Å². The van der Waals surface area contributed by atoms with E-state index in [4.69, 9.17) is 9.47 Å². The van der Waals surface area contributed by atoms with E-state index in [0.717, 1.165) is 14.2 Å². The van der Waals surface area contributed by atoms with Gasteiger partial charge in [0.25, 0.3) is 5.91 Å². The summed E-state index contributed by atoms with van der Waals surface area (Å²) in [5, 5.41) is 40.4. The van der Waals surface area contributed by atoms with Crippen molar-refractivity contribution in [3.8, 4) is 0 Å². The number of ether oxygens (including phenoxy) is 2. The average molecular weight is 1030 g/mol. The molecule has 9 atom stereocenters. The number of rotatable bonds is 30. The summed E-state index contributed by atoms with van der Waals surface area (Å²) in [5.74, 6) is -9.23. The van der Waals surface area contributed by atoms with Crippen LogP contribution in [0, 0.1) is 11.8 Å². The number of benzene rings is 1. The molecule has 73 heavy (non-hydrogen) atoms. The van der Waals surface area contributed by atoms with Crippen molar-refractivity contribution in [2.75, 3.05) is 55.1 Å². The Morgan fingerprint density at radius 1 is 0.630 bits per heavy atom. The number of quaternary nitrogens is 1. The van der Waals surface area contributed by atoms with Crippen molar-refractivity contribution in [1.29, 1.82) is 0 Å². The quantitative estimate of drug-likeness (QED) is 0.0270. The second-order valence-corrected chi connectivity index (χ2v) is 19.2. The number of likely N-dealkylation sites (N-methyl/N-ethyl adjacent to an activating group) is 1. The molecule has 0 aliphatic carbocycles. The molecule has 0 spiro atoms. The first-order valence-corrected chi connectivity index (χ1v) is 23.8. The van der Waals surface area contributed by atoms with Crippen LogP contribution in [0.2, 0.25) is 0 Å². The lowest BCUT2D eigenvalue weighted by Gasteiger charge is -2.28. The van der Waals surface area contributed by atoms with Gasteiger partial charge in [-0.3, -0.25) is 43.2 Å². The molecule has 0 fully saturated rings. The third-order valence-corrected chi connectivity index (χ3v) is 11.3. The summed E-state index contributed by atoms with van der Waals surface area (Å²) in [5.41, 5.74) is 0.934. The number of hydrogen-bond donors (Lipinski definition) is 10. The Hall–Kier alpha value is -6.99. The van der Waals surface area contributed by atoms with Crippen LogP contribution in [0.5, 0.6) is 0 Å². The number of aliphatic hydroxyl groups excluding tert-OH is 2. The number of nitrogens with zero attached hydrogens (tertiary/aromatic N) is 3. The van der Waals surface area contributed by atoms with Gasteiger partial charge in [-0.1, -0.05) is 64.4 Å². The highest BCUT2D eigenvalue weighted by molar-refractivity contribution is 5.98. The lowest BCUT2D eigenvalue weighted by atomic mass is 9.97. The standard InChI is InChI=1S/C48H75N11O14/c1-12-28(4)40(47(70)54-34(21-39(63)72-10)44(67)55-35(18-27(2)3)48(71)73-11)57-41(64)29(5)50-45(68)37(25-61)56-43(66)33(20-31-22-58(6)26-49-31)53-42(65)32(19-30-16-14-13-15-17-30)52-46(69)36(24-60)51-38(62)23-59(7,8)9/h13-17,22,26-29,32-37,40,60-61H,12,18-21,23-25H2,1-11H3,(H7-,50,51,52,53,54,55,56,57,62,64,65,66,67,68,69,70)/p+1/t28-,29-,32-,33-,34-,35-,36-,37-,40-/m0/s1. The molecule has 1 aromatic carbocycles. The van der Waals surface area contributed by atoms with Gasteiger partial charge in [0.1, 0.15) is 48.3 Å². The fourth-order valence-electron chi connectivity index (χ4n) is 7.11. The lowest BCUT2D eigenvalue weighted by Crippen LogP contribution is -2.61. The first-order chi connectivity index (χ1) is 34.2. The van der Waals surface area contributed by atoms with Gasteiger partial charge >= 0.3 is 11.9 Å². The molecule has 406 valence electrons. The Morgan fingerprint density at radius 3 is 1.64 bits per heavy atom. The van der Waals surface area contributed by atoms with Crippen LogP contribution in [0.3, 0.4) is 0 Å². The molecule has 0 bridgehead atoms. The fraction of sp³-hybridized carbons (Fsp3) is 0.604. The van der Waals surface area contributed by atoms with E-state index in [9.17, 15) is 58.2 Å². The Balaban J connectivity index is 2.33. The number of aromatic nitrogens is 2. The molecule has 0 saturated carbocycles. The molecule has 0 radical (unpaired) electrons. The zero-order valence-corrected chi connectivity index (χ0v) is 43.6. The molecule has 25 nitrogen and oxygen atoms in total. The number of aliphatic hydroxyl groups is 2. The van der Waals surface area contributed by atoms with Crippen molar-refractivity contribution in [2.45, 2.75) is 115 Å². The summed E-state index contributed by atoms with van der Waals surface area (Å²) in [6, 6.07) is -2.83. The lowest BCUT2D eigenvalue weighted by molar-refractivity contribution is -0.862. The van der Waals surface area contributed by atoms with Crippen molar-refractivity contribution in [3.63, 3.8) is 0 Å². The molecule has 25 heteroatoms. The van der Waals surface area contributed by atoms with Crippen LogP contribution in [0.25, 0.3) is 0 Å². The molecule has 0 aliphatic rings. The van der Waals surface area contributed by atoms with Crippen LogP contribution in [0.4, 0.5) is 0 Å². The van der Waals surface area contributed by atoms with Crippen LogP contribution >= 0.6 is 0 Å².